The summed E-state index contributed by atoms with van der Waals surface area (Å²) in [6.07, 6.45) is 4.94. The first-order chi connectivity index (χ1) is 9.93. The molecule has 0 saturated carbocycles. The van der Waals surface area contributed by atoms with E-state index < -0.39 is 0 Å². The van der Waals surface area contributed by atoms with Gasteiger partial charge in [0.1, 0.15) is 0 Å². The molecule has 1 atom stereocenters. The van der Waals surface area contributed by atoms with E-state index in [1.807, 2.05) is 0 Å². The van der Waals surface area contributed by atoms with Gasteiger partial charge in [-0.2, -0.15) is 5.10 Å². The number of nitrogens with zero attached hydrogens (tertiary/aromatic N) is 2. The van der Waals surface area contributed by atoms with Crippen molar-refractivity contribution in [3.8, 4) is 0 Å². The maximum atomic E-state index is 5.11. The van der Waals surface area contributed by atoms with Gasteiger partial charge in [-0.1, -0.05) is 27.7 Å². The first-order valence-corrected chi connectivity index (χ1v) is 8.73. The molecule has 1 saturated heterocycles. The van der Waals surface area contributed by atoms with Crippen LogP contribution in [0.2, 0.25) is 0 Å². The van der Waals surface area contributed by atoms with Crippen LogP contribution in [-0.4, -0.2) is 22.9 Å². The SMILES string of the molecule is CCc1c2c(nn1CC)C1(CCNCC1)CC2C(C)(C)C. The highest BCUT2D eigenvalue weighted by Crippen LogP contribution is 2.56. The van der Waals surface area contributed by atoms with Gasteiger partial charge in [0.2, 0.25) is 0 Å². The highest BCUT2D eigenvalue weighted by molar-refractivity contribution is 5.43. The Hall–Kier alpha value is -0.830. The van der Waals surface area contributed by atoms with Crippen molar-refractivity contribution in [1.29, 1.82) is 0 Å². The number of rotatable bonds is 2. The Morgan fingerprint density at radius 1 is 1.24 bits per heavy atom. The van der Waals surface area contributed by atoms with Crippen LogP contribution in [0.15, 0.2) is 0 Å². The van der Waals surface area contributed by atoms with Crippen molar-refractivity contribution in [1.82, 2.24) is 15.1 Å². The number of fused-ring (bicyclic) bond motifs is 2. The molecule has 1 unspecified atom stereocenters. The van der Waals surface area contributed by atoms with Gasteiger partial charge in [-0.05, 0) is 57.0 Å². The quantitative estimate of drug-likeness (QED) is 0.901. The van der Waals surface area contributed by atoms with Gasteiger partial charge in [0.15, 0.2) is 0 Å². The Bertz CT molecular complexity index is 515. The molecular weight excluding hydrogens is 258 g/mol. The molecule has 3 nitrogen and oxygen atoms in total. The Kier molecular flexibility index (Phi) is 3.67. The average molecular weight is 289 g/mol. The fourth-order valence-electron chi connectivity index (χ4n) is 4.58. The molecule has 1 aliphatic heterocycles. The molecule has 0 bridgehead atoms. The van der Waals surface area contributed by atoms with Crippen LogP contribution < -0.4 is 5.32 Å². The van der Waals surface area contributed by atoms with Gasteiger partial charge in [0, 0.05) is 23.2 Å². The van der Waals surface area contributed by atoms with Crippen LogP contribution in [0.3, 0.4) is 0 Å². The van der Waals surface area contributed by atoms with E-state index in [-0.39, 0.29) is 0 Å². The van der Waals surface area contributed by atoms with E-state index in [0.29, 0.717) is 16.7 Å². The van der Waals surface area contributed by atoms with Gasteiger partial charge in [-0.25, -0.2) is 0 Å². The van der Waals surface area contributed by atoms with Gasteiger partial charge in [-0.15, -0.1) is 0 Å². The van der Waals surface area contributed by atoms with E-state index in [0.717, 1.165) is 26.1 Å². The van der Waals surface area contributed by atoms with Crippen molar-refractivity contribution >= 4 is 0 Å². The maximum Gasteiger partial charge on any atom is 0.0725 e. The molecule has 0 radical (unpaired) electrons. The van der Waals surface area contributed by atoms with Gasteiger partial charge in [-0.3, -0.25) is 4.68 Å². The van der Waals surface area contributed by atoms with Gasteiger partial charge in [0.05, 0.1) is 5.69 Å². The lowest BCUT2D eigenvalue weighted by Crippen LogP contribution is -2.39. The zero-order valence-electron chi connectivity index (χ0n) is 14.4. The van der Waals surface area contributed by atoms with Gasteiger partial charge < -0.3 is 5.32 Å². The minimum atomic E-state index is 0.328. The Morgan fingerprint density at radius 3 is 2.43 bits per heavy atom. The van der Waals surface area contributed by atoms with Crippen molar-refractivity contribution in [2.24, 2.45) is 5.41 Å². The summed E-state index contributed by atoms with van der Waals surface area (Å²) in [4.78, 5) is 0. The molecule has 118 valence electrons. The summed E-state index contributed by atoms with van der Waals surface area (Å²) in [6, 6.07) is 0. The summed E-state index contributed by atoms with van der Waals surface area (Å²) in [5.41, 5.74) is 5.26. The largest absolute Gasteiger partial charge is 0.317 e. The number of aromatic nitrogens is 2. The molecule has 0 aromatic carbocycles. The second-order valence-corrected chi connectivity index (χ2v) is 8.03. The Morgan fingerprint density at radius 2 is 1.90 bits per heavy atom. The summed E-state index contributed by atoms with van der Waals surface area (Å²) in [7, 11) is 0. The summed E-state index contributed by atoms with van der Waals surface area (Å²) >= 11 is 0. The molecule has 1 fully saturated rings. The smallest absolute Gasteiger partial charge is 0.0725 e. The van der Waals surface area contributed by atoms with Crippen LogP contribution in [0, 0.1) is 5.41 Å². The molecule has 1 aromatic rings. The molecule has 2 heterocycles. The minimum Gasteiger partial charge on any atom is -0.317 e. The van der Waals surface area contributed by atoms with E-state index in [4.69, 9.17) is 5.10 Å². The predicted molar refractivity (Wildman–Crippen MR) is 87.9 cm³/mol. The highest BCUT2D eigenvalue weighted by atomic mass is 15.3. The molecule has 3 heteroatoms. The molecule has 0 amide bonds. The number of hydrogen-bond acceptors (Lipinski definition) is 2. The summed E-state index contributed by atoms with van der Waals surface area (Å²) < 4.78 is 2.28. The molecule has 21 heavy (non-hydrogen) atoms. The zero-order valence-corrected chi connectivity index (χ0v) is 14.4. The Balaban J connectivity index is 2.15. The lowest BCUT2D eigenvalue weighted by atomic mass is 9.71. The van der Waals surface area contributed by atoms with Crippen molar-refractivity contribution in [3.05, 3.63) is 17.0 Å². The zero-order chi connectivity index (χ0) is 15.3. The first-order valence-electron chi connectivity index (χ1n) is 8.73. The standard InChI is InChI=1S/C18H31N3/c1-6-14-15-13(17(3,4)5)12-18(8-10-19-11-9-18)16(15)20-21(14)7-2/h13,19H,6-12H2,1-5H3. The van der Waals surface area contributed by atoms with E-state index in [1.54, 1.807) is 5.56 Å². The number of nitrogens with one attached hydrogen (secondary N) is 1. The van der Waals surface area contributed by atoms with Crippen molar-refractivity contribution in [2.75, 3.05) is 13.1 Å². The summed E-state index contributed by atoms with van der Waals surface area (Å²) in [5.74, 6) is 0.667. The lowest BCUT2D eigenvalue weighted by molar-refractivity contribution is 0.230. The third kappa shape index (κ3) is 2.25. The van der Waals surface area contributed by atoms with Gasteiger partial charge >= 0.3 is 0 Å². The number of piperidine rings is 1. The normalized spacial score (nSPS) is 24.5. The van der Waals surface area contributed by atoms with Crippen LogP contribution in [-0.2, 0) is 18.4 Å². The Labute approximate surface area is 129 Å². The second-order valence-electron chi connectivity index (χ2n) is 8.03. The van der Waals surface area contributed by atoms with Crippen LogP contribution in [0.1, 0.15) is 76.8 Å². The van der Waals surface area contributed by atoms with E-state index in [1.165, 1.54) is 30.7 Å². The molecule has 2 aliphatic rings. The van der Waals surface area contributed by atoms with Crippen LogP contribution in [0.4, 0.5) is 0 Å². The summed E-state index contributed by atoms with van der Waals surface area (Å²) in [5, 5.41) is 8.64. The monoisotopic (exact) mass is 289 g/mol. The van der Waals surface area contributed by atoms with E-state index in [9.17, 15) is 0 Å². The van der Waals surface area contributed by atoms with Crippen molar-refractivity contribution in [3.63, 3.8) is 0 Å². The minimum absolute atomic E-state index is 0.328. The van der Waals surface area contributed by atoms with Gasteiger partial charge in [0.25, 0.3) is 0 Å². The lowest BCUT2D eigenvalue weighted by Gasteiger charge is -2.36. The molecular formula is C18H31N3. The van der Waals surface area contributed by atoms with E-state index >= 15 is 0 Å². The fraction of sp³-hybridized carbons (Fsp3) is 0.833. The second kappa shape index (κ2) is 5.12. The fourth-order valence-corrected chi connectivity index (χ4v) is 4.58. The topological polar surface area (TPSA) is 29.9 Å². The number of hydrogen-bond donors (Lipinski definition) is 1. The highest BCUT2D eigenvalue weighted by Gasteiger charge is 2.51. The summed E-state index contributed by atoms with van der Waals surface area (Å²) in [6.45, 7) is 15.0. The third-order valence-electron chi connectivity index (χ3n) is 5.78. The average Bonchev–Trinajstić information content (AvgIpc) is 2.95. The molecule has 1 aromatic heterocycles. The predicted octanol–water partition coefficient (Wildman–Crippen LogP) is 3.62. The number of aryl methyl sites for hydroxylation is 1. The molecule has 1 aliphatic carbocycles. The third-order valence-corrected chi connectivity index (χ3v) is 5.78. The molecule has 1 spiro atoms. The van der Waals surface area contributed by atoms with Crippen LogP contribution in [0.5, 0.6) is 0 Å². The first kappa shape index (κ1) is 15.1. The van der Waals surface area contributed by atoms with Crippen molar-refractivity contribution in [2.45, 2.75) is 78.2 Å². The molecule has 1 N–H and O–H groups in total. The van der Waals surface area contributed by atoms with E-state index in [2.05, 4.69) is 44.6 Å². The van der Waals surface area contributed by atoms with Crippen LogP contribution in [0.25, 0.3) is 0 Å². The maximum absolute atomic E-state index is 5.11. The van der Waals surface area contributed by atoms with Crippen molar-refractivity contribution < 1.29 is 0 Å². The van der Waals surface area contributed by atoms with Crippen LogP contribution >= 0.6 is 0 Å². The molecule has 3 rings (SSSR count).